The molecule has 0 aliphatic rings. The number of halogens is 2. The number of pyridine rings is 1. The van der Waals surface area contributed by atoms with Crippen molar-refractivity contribution in [2.24, 2.45) is 0 Å². The molecule has 16 heavy (non-hydrogen) atoms. The minimum Gasteiger partial charge on any atom is -0.492 e. The third-order valence-electron chi connectivity index (χ3n) is 2.13. The van der Waals surface area contributed by atoms with E-state index in [2.05, 4.69) is 10.3 Å². The summed E-state index contributed by atoms with van der Waals surface area (Å²) in [6.07, 6.45) is 1.35. The van der Waals surface area contributed by atoms with Gasteiger partial charge in [-0.25, -0.2) is 8.78 Å². The van der Waals surface area contributed by atoms with Crippen LogP contribution < -0.4 is 10.1 Å². The van der Waals surface area contributed by atoms with Crippen molar-refractivity contribution in [2.45, 2.75) is 25.8 Å². The van der Waals surface area contributed by atoms with Gasteiger partial charge >= 0.3 is 0 Å². The number of aromatic nitrogens is 1. The van der Waals surface area contributed by atoms with E-state index in [-0.39, 0.29) is 0 Å². The zero-order chi connectivity index (χ0) is 12.0. The maximum atomic E-state index is 12.6. The molecule has 0 aromatic carbocycles. The Morgan fingerprint density at radius 2 is 2.19 bits per heavy atom. The van der Waals surface area contributed by atoms with Crippen LogP contribution in [0.15, 0.2) is 18.5 Å². The lowest BCUT2D eigenvalue weighted by molar-refractivity contribution is 0.102. The summed E-state index contributed by atoms with van der Waals surface area (Å²) in [5.74, 6) is 0.528. The first-order chi connectivity index (χ1) is 7.69. The van der Waals surface area contributed by atoms with Crippen LogP contribution in [-0.4, -0.2) is 25.1 Å². The minimum atomic E-state index is -2.46. The first-order valence-corrected chi connectivity index (χ1v) is 5.22. The van der Waals surface area contributed by atoms with E-state index in [0.717, 1.165) is 6.42 Å². The van der Waals surface area contributed by atoms with Crippen molar-refractivity contribution in [3.8, 4) is 5.75 Å². The molecule has 1 unspecified atom stereocenters. The van der Waals surface area contributed by atoms with Crippen LogP contribution in [0.2, 0.25) is 0 Å². The van der Waals surface area contributed by atoms with Gasteiger partial charge in [-0.05, 0) is 25.1 Å². The lowest BCUT2D eigenvalue weighted by atomic mass is 10.1. The maximum absolute atomic E-state index is 12.6. The molecule has 90 valence electrons. The Morgan fingerprint density at radius 3 is 2.75 bits per heavy atom. The highest BCUT2D eigenvalue weighted by atomic mass is 19.3. The normalized spacial score (nSPS) is 12.8. The molecule has 0 bridgehead atoms. The van der Waals surface area contributed by atoms with Crippen molar-refractivity contribution in [1.82, 2.24) is 10.3 Å². The van der Waals surface area contributed by atoms with Gasteiger partial charge in [-0.2, -0.15) is 0 Å². The SMILES string of the molecule is CCCOc1cncc(C(NC)C(F)F)c1. The van der Waals surface area contributed by atoms with Gasteiger partial charge in [0.15, 0.2) is 0 Å². The van der Waals surface area contributed by atoms with E-state index in [1.165, 1.54) is 19.4 Å². The molecule has 5 heteroatoms. The fraction of sp³-hybridized carbons (Fsp3) is 0.545. The number of hydrogen-bond acceptors (Lipinski definition) is 3. The molecule has 3 nitrogen and oxygen atoms in total. The van der Waals surface area contributed by atoms with Gasteiger partial charge < -0.3 is 10.1 Å². The average molecular weight is 230 g/mol. The largest absolute Gasteiger partial charge is 0.492 e. The van der Waals surface area contributed by atoms with Crippen molar-refractivity contribution in [1.29, 1.82) is 0 Å². The molecule has 1 atom stereocenters. The van der Waals surface area contributed by atoms with Crippen molar-refractivity contribution in [3.05, 3.63) is 24.0 Å². The van der Waals surface area contributed by atoms with Gasteiger partial charge in [0, 0.05) is 6.20 Å². The zero-order valence-electron chi connectivity index (χ0n) is 9.41. The number of rotatable bonds is 6. The van der Waals surface area contributed by atoms with Crippen LogP contribution in [0, 0.1) is 0 Å². The molecule has 0 aliphatic carbocycles. The summed E-state index contributed by atoms with van der Waals surface area (Å²) in [5, 5.41) is 2.56. The highest BCUT2D eigenvalue weighted by molar-refractivity contribution is 5.26. The molecular weight excluding hydrogens is 214 g/mol. The molecule has 1 N–H and O–H groups in total. The Bertz CT molecular complexity index is 321. The smallest absolute Gasteiger partial charge is 0.257 e. The van der Waals surface area contributed by atoms with E-state index in [4.69, 9.17) is 4.74 Å². The van der Waals surface area contributed by atoms with E-state index in [1.807, 2.05) is 6.92 Å². The average Bonchev–Trinajstić information content (AvgIpc) is 2.27. The summed E-state index contributed by atoms with van der Waals surface area (Å²) in [4.78, 5) is 3.89. The second-order valence-electron chi connectivity index (χ2n) is 3.40. The first kappa shape index (κ1) is 12.8. The molecule has 1 aromatic rings. The van der Waals surface area contributed by atoms with Crippen LogP contribution in [0.3, 0.4) is 0 Å². The predicted octanol–water partition coefficient (Wildman–Crippen LogP) is 2.40. The number of nitrogens with one attached hydrogen (secondary N) is 1. The van der Waals surface area contributed by atoms with Crippen LogP contribution in [0.5, 0.6) is 5.75 Å². The summed E-state index contributed by atoms with van der Waals surface area (Å²) < 4.78 is 30.6. The fourth-order valence-electron chi connectivity index (χ4n) is 1.34. The van der Waals surface area contributed by atoms with E-state index < -0.39 is 12.5 Å². The monoisotopic (exact) mass is 230 g/mol. The Kier molecular flexibility index (Phi) is 5.11. The van der Waals surface area contributed by atoms with Gasteiger partial charge in [0.05, 0.1) is 18.8 Å². The third kappa shape index (κ3) is 3.41. The Balaban J connectivity index is 2.79. The summed E-state index contributed by atoms with van der Waals surface area (Å²) >= 11 is 0. The van der Waals surface area contributed by atoms with Gasteiger partial charge in [-0.15, -0.1) is 0 Å². The second kappa shape index (κ2) is 6.37. The summed E-state index contributed by atoms with van der Waals surface area (Å²) in [6, 6.07) is 0.591. The molecule has 1 heterocycles. The molecule has 0 amide bonds. The topological polar surface area (TPSA) is 34.1 Å². The summed E-state index contributed by atoms with van der Waals surface area (Å²) in [7, 11) is 1.50. The van der Waals surface area contributed by atoms with Gasteiger partial charge in [0.1, 0.15) is 5.75 Å². The molecule has 0 radical (unpaired) electrons. The molecule has 0 aliphatic heterocycles. The standard InChI is InChI=1S/C11H16F2N2O/c1-3-4-16-9-5-8(6-15-7-9)10(14-2)11(12)13/h5-7,10-11,14H,3-4H2,1-2H3. The highest BCUT2D eigenvalue weighted by Gasteiger charge is 2.20. The van der Waals surface area contributed by atoms with Crippen LogP contribution in [0.25, 0.3) is 0 Å². The second-order valence-corrected chi connectivity index (χ2v) is 3.40. The molecular formula is C11H16F2N2O. The van der Waals surface area contributed by atoms with E-state index in [9.17, 15) is 8.78 Å². The number of ether oxygens (including phenoxy) is 1. The Morgan fingerprint density at radius 1 is 1.44 bits per heavy atom. The lowest BCUT2D eigenvalue weighted by Crippen LogP contribution is -2.23. The van der Waals surface area contributed by atoms with Gasteiger partial charge in [0.2, 0.25) is 0 Å². The Hall–Kier alpha value is -1.23. The van der Waals surface area contributed by atoms with Crippen molar-refractivity contribution in [3.63, 3.8) is 0 Å². The van der Waals surface area contributed by atoms with Gasteiger partial charge in [-0.3, -0.25) is 4.98 Å². The number of alkyl halides is 2. The van der Waals surface area contributed by atoms with Gasteiger partial charge in [0.25, 0.3) is 6.43 Å². The Labute approximate surface area is 93.8 Å². The zero-order valence-corrected chi connectivity index (χ0v) is 9.41. The van der Waals surface area contributed by atoms with Crippen molar-refractivity contribution < 1.29 is 13.5 Å². The van der Waals surface area contributed by atoms with Crippen molar-refractivity contribution >= 4 is 0 Å². The predicted molar refractivity (Wildman–Crippen MR) is 57.8 cm³/mol. The van der Waals surface area contributed by atoms with Gasteiger partial charge in [-0.1, -0.05) is 6.92 Å². The summed E-state index contributed by atoms with van der Waals surface area (Å²) in [6.45, 7) is 2.54. The van der Waals surface area contributed by atoms with E-state index in [0.29, 0.717) is 17.9 Å². The minimum absolute atomic E-state index is 0.436. The molecule has 0 spiro atoms. The highest BCUT2D eigenvalue weighted by Crippen LogP contribution is 2.22. The van der Waals surface area contributed by atoms with Crippen LogP contribution >= 0.6 is 0 Å². The van der Waals surface area contributed by atoms with Crippen LogP contribution in [-0.2, 0) is 0 Å². The van der Waals surface area contributed by atoms with E-state index >= 15 is 0 Å². The fourth-order valence-corrected chi connectivity index (χ4v) is 1.34. The van der Waals surface area contributed by atoms with E-state index in [1.54, 1.807) is 6.07 Å². The van der Waals surface area contributed by atoms with Crippen LogP contribution in [0.4, 0.5) is 8.78 Å². The molecule has 0 fully saturated rings. The molecule has 1 rings (SSSR count). The first-order valence-electron chi connectivity index (χ1n) is 5.22. The number of hydrogen-bond donors (Lipinski definition) is 1. The molecule has 0 saturated heterocycles. The van der Waals surface area contributed by atoms with Crippen molar-refractivity contribution in [2.75, 3.05) is 13.7 Å². The maximum Gasteiger partial charge on any atom is 0.257 e. The molecule has 1 aromatic heterocycles. The molecule has 0 saturated carbocycles. The lowest BCUT2D eigenvalue weighted by Gasteiger charge is -2.15. The summed E-state index contributed by atoms with van der Waals surface area (Å²) in [5.41, 5.74) is 0.436. The third-order valence-corrected chi connectivity index (χ3v) is 2.13. The number of nitrogens with zero attached hydrogens (tertiary/aromatic N) is 1. The quantitative estimate of drug-likeness (QED) is 0.814. The van der Waals surface area contributed by atoms with Crippen LogP contribution in [0.1, 0.15) is 24.9 Å².